The van der Waals surface area contributed by atoms with E-state index in [0.29, 0.717) is 0 Å². The van der Waals surface area contributed by atoms with Gasteiger partial charge in [0.05, 0.1) is 5.69 Å². The van der Waals surface area contributed by atoms with Gasteiger partial charge < -0.3 is 9.47 Å². The van der Waals surface area contributed by atoms with Crippen molar-refractivity contribution in [3.05, 3.63) is 57.9 Å². The van der Waals surface area contributed by atoms with Crippen LogP contribution >= 0.6 is 0 Å². The van der Waals surface area contributed by atoms with Gasteiger partial charge in [-0.05, 0) is 35.8 Å². The van der Waals surface area contributed by atoms with E-state index >= 15 is 0 Å². The summed E-state index contributed by atoms with van der Waals surface area (Å²) < 4.78 is 1.52. The lowest BCUT2D eigenvalue weighted by Crippen LogP contribution is -2.22. The minimum Gasteiger partial charge on any atom is -0.383 e. The molecule has 5 heteroatoms. The van der Waals surface area contributed by atoms with Gasteiger partial charge in [0.25, 0.3) is 5.56 Å². The van der Waals surface area contributed by atoms with Crippen LogP contribution in [0.1, 0.15) is 23.7 Å². The smallest absolute Gasteiger partial charge is 0.268 e. The predicted molar refractivity (Wildman–Crippen MR) is 91.7 cm³/mol. The molecule has 0 aliphatic heterocycles. The zero-order valence-electron chi connectivity index (χ0n) is 13.9. The first-order valence-corrected chi connectivity index (χ1v) is 7.41. The highest BCUT2D eigenvalue weighted by atomic mass is 16.1. The minimum atomic E-state index is -0.290. The maximum Gasteiger partial charge on any atom is 0.268 e. The second-order valence-electron chi connectivity index (χ2n) is 5.50. The Hall–Kier alpha value is -2.87. The van der Waals surface area contributed by atoms with Gasteiger partial charge in [-0.2, -0.15) is 5.26 Å². The molecule has 0 atom stereocenters. The summed E-state index contributed by atoms with van der Waals surface area (Å²) >= 11 is 0. The molecule has 23 heavy (non-hydrogen) atoms. The Kier molecular flexibility index (Phi) is 4.97. The van der Waals surface area contributed by atoms with E-state index in [4.69, 9.17) is 0 Å². The third-order valence-electron chi connectivity index (χ3n) is 3.69. The van der Waals surface area contributed by atoms with Crippen LogP contribution in [0.25, 0.3) is 17.2 Å². The molecule has 0 aromatic carbocycles. The van der Waals surface area contributed by atoms with Crippen LogP contribution in [-0.4, -0.2) is 28.5 Å². The van der Waals surface area contributed by atoms with Crippen molar-refractivity contribution < 1.29 is 0 Å². The van der Waals surface area contributed by atoms with Crippen molar-refractivity contribution in [2.24, 2.45) is 7.05 Å². The van der Waals surface area contributed by atoms with Gasteiger partial charge >= 0.3 is 0 Å². The van der Waals surface area contributed by atoms with Gasteiger partial charge in [0.15, 0.2) is 0 Å². The molecule has 2 heterocycles. The molecular formula is C18H20N4O. The summed E-state index contributed by atoms with van der Waals surface area (Å²) in [6, 6.07) is 5.59. The highest BCUT2D eigenvalue weighted by molar-refractivity contribution is 5.76. The second-order valence-corrected chi connectivity index (χ2v) is 5.50. The SMILES string of the molecule is CCc1cnccc1-c1cc(C#N)c(=O)n(C)c1C=CN(C)C. The summed E-state index contributed by atoms with van der Waals surface area (Å²) in [5, 5.41) is 9.25. The van der Waals surface area contributed by atoms with Crippen molar-refractivity contribution in [3.8, 4) is 17.2 Å². The number of hydrogen-bond donors (Lipinski definition) is 0. The van der Waals surface area contributed by atoms with Crippen molar-refractivity contribution in [2.75, 3.05) is 14.1 Å². The maximum absolute atomic E-state index is 12.3. The van der Waals surface area contributed by atoms with Gasteiger partial charge in [0, 0.05) is 45.3 Å². The van der Waals surface area contributed by atoms with E-state index in [1.165, 1.54) is 4.57 Å². The Labute approximate surface area is 136 Å². The topological polar surface area (TPSA) is 61.9 Å². The lowest BCUT2D eigenvalue weighted by atomic mass is 9.97. The Morgan fingerprint density at radius 1 is 1.39 bits per heavy atom. The molecule has 0 saturated heterocycles. The first kappa shape index (κ1) is 16.5. The number of aromatic nitrogens is 2. The molecule has 2 rings (SSSR count). The number of hydrogen-bond acceptors (Lipinski definition) is 4. The molecule has 0 amide bonds. The summed E-state index contributed by atoms with van der Waals surface area (Å²) in [4.78, 5) is 18.4. The van der Waals surface area contributed by atoms with Crippen molar-refractivity contribution in [1.82, 2.24) is 14.5 Å². The van der Waals surface area contributed by atoms with E-state index in [9.17, 15) is 10.1 Å². The molecule has 118 valence electrons. The Morgan fingerprint density at radius 3 is 2.74 bits per heavy atom. The normalized spacial score (nSPS) is 10.7. The van der Waals surface area contributed by atoms with Crippen LogP contribution in [0.2, 0.25) is 0 Å². The third-order valence-corrected chi connectivity index (χ3v) is 3.69. The zero-order chi connectivity index (χ0) is 17.0. The van der Waals surface area contributed by atoms with E-state index in [-0.39, 0.29) is 11.1 Å². The quantitative estimate of drug-likeness (QED) is 0.870. The molecule has 0 radical (unpaired) electrons. The maximum atomic E-state index is 12.3. The average Bonchev–Trinajstić information content (AvgIpc) is 2.56. The molecule has 0 bridgehead atoms. The molecule has 2 aromatic heterocycles. The minimum absolute atomic E-state index is 0.142. The van der Waals surface area contributed by atoms with Crippen LogP contribution in [0.3, 0.4) is 0 Å². The van der Waals surface area contributed by atoms with Crippen LogP contribution < -0.4 is 5.56 Å². The van der Waals surface area contributed by atoms with E-state index < -0.39 is 0 Å². The van der Waals surface area contributed by atoms with Crippen molar-refractivity contribution >= 4 is 6.08 Å². The highest BCUT2D eigenvalue weighted by Crippen LogP contribution is 2.27. The fraction of sp³-hybridized carbons (Fsp3) is 0.278. The molecule has 5 nitrogen and oxygen atoms in total. The van der Waals surface area contributed by atoms with Crippen LogP contribution in [0, 0.1) is 11.3 Å². The van der Waals surface area contributed by atoms with Crippen LogP contribution in [-0.2, 0) is 13.5 Å². The molecule has 0 spiro atoms. The fourth-order valence-corrected chi connectivity index (χ4v) is 2.44. The molecule has 0 unspecified atom stereocenters. The summed E-state index contributed by atoms with van der Waals surface area (Å²) in [5.41, 5.74) is 3.55. The Bertz CT molecular complexity index is 841. The standard InChI is InChI=1S/C18H20N4O/c1-5-13-12-20-8-6-15(13)16-10-14(11-19)18(23)22(4)17(16)7-9-21(2)3/h6-10,12H,5H2,1-4H3. The fourth-order valence-electron chi connectivity index (χ4n) is 2.44. The largest absolute Gasteiger partial charge is 0.383 e. The van der Waals surface area contributed by atoms with Crippen molar-refractivity contribution in [2.45, 2.75) is 13.3 Å². The van der Waals surface area contributed by atoms with Crippen LogP contribution in [0.4, 0.5) is 0 Å². The summed E-state index contributed by atoms with van der Waals surface area (Å²) in [7, 11) is 5.53. The van der Waals surface area contributed by atoms with E-state index in [0.717, 1.165) is 28.8 Å². The monoisotopic (exact) mass is 308 g/mol. The zero-order valence-corrected chi connectivity index (χ0v) is 13.9. The van der Waals surface area contributed by atoms with Gasteiger partial charge in [0.2, 0.25) is 0 Å². The lowest BCUT2D eigenvalue weighted by molar-refractivity contribution is 0.567. The Balaban J connectivity index is 2.82. The van der Waals surface area contributed by atoms with Crippen LogP contribution in [0.15, 0.2) is 35.5 Å². The summed E-state index contributed by atoms with van der Waals surface area (Å²) in [5.74, 6) is 0. The van der Waals surface area contributed by atoms with Crippen molar-refractivity contribution in [3.63, 3.8) is 0 Å². The molecule has 0 aliphatic carbocycles. The molecule has 2 aromatic rings. The first-order valence-electron chi connectivity index (χ1n) is 7.41. The molecule has 0 aliphatic rings. The second kappa shape index (κ2) is 6.93. The lowest BCUT2D eigenvalue weighted by Gasteiger charge is -2.15. The number of pyridine rings is 2. The molecule has 0 fully saturated rings. The number of aryl methyl sites for hydroxylation is 1. The molecular weight excluding hydrogens is 288 g/mol. The number of nitriles is 1. The van der Waals surface area contributed by atoms with Gasteiger partial charge in [-0.15, -0.1) is 0 Å². The Morgan fingerprint density at radius 2 is 2.13 bits per heavy atom. The summed E-state index contributed by atoms with van der Waals surface area (Å²) in [6.07, 6.45) is 8.15. The van der Waals surface area contributed by atoms with Crippen molar-refractivity contribution in [1.29, 1.82) is 5.26 Å². The van der Waals surface area contributed by atoms with E-state index in [2.05, 4.69) is 11.9 Å². The molecule has 0 saturated carbocycles. The predicted octanol–water partition coefficient (Wildman–Crippen LogP) is 2.41. The van der Waals surface area contributed by atoms with Gasteiger partial charge in [0.1, 0.15) is 11.6 Å². The number of nitrogens with zero attached hydrogens (tertiary/aromatic N) is 4. The average molecular weight is 308 g/mol. The summed E-state index contributed by atoms with van der Waals surface area (Å²) in [6.45, 7) is 2.06. The van der Waals surface area contributed by atoms with Gasteiger partial charge in [-0.1, -0.05) is 6.92 Å². The van der Waals surface area contributed by atoms with Gasteiger partial charge in [-0.3, -0.25) is 9.78 Å². The highest BCUT2D eigenvalue weighted by Gasteiger charge is 2.14. The van der Waals surface area contributed by atoms with Gasteiger partial charge in [-0.25, -0.2) is 0 Å². The first-order chi connectivity index (χ1) is 11.0. The number of rotatable bonds is 4. The van der Waals surface area contributed by atoms with E-state index in [1.54, 1.807) is 19.3 Å². The van der Waals surface area contributed by atoms with Crippen LogP contribution in [0.5, 0.6) is 0 Å². The molecule has 0 N–H and O–H groups in total. The van der Waals surface area contributed by atoms with E-state index in [1.807, 2.05) is 49.6 Å². The third kappa shape index (κ3) is 3.32.